The number of amides is 3. The van der Waals surface area contributed by atoms with Crippen LogP contribution in [0.2, 0.25) is 0 Å². The maximum absolute atomic E-state index is 14.0. The molecule has 31 heavy (non-hydrogen) atoms. The van der Waals surface area contributed by atoms with Crippen LogP contribution in [-0.2, 0) is 14.4 Å². The first-order valence-corrected chi connectivity index (χ1v) is 10.1. The number of hydrogen-bond donors (Lipinski definition) is 4. The molecule has 1 atom stereocenters. The monoisotopic (exact) mass is 441 g/mol. The number of likely N-dealkylation sites (tertiary alicyclic amines) is 1. The second-order valence-electron chi connectivity index (χ2n) is 8.22. The Bertz CT molecular complexity index is 828. The Labute approximate surface area is 177 Å². The fourth-order valence-corrected chi connectivity index (χ4v) is 3.52. The Kier molecular flexibility index (Phi) is 6.09. The number of halogens is 2. The normalized spacial score (nSPS) is 22.0. The SMILES string of the molecule is CCC(F)(F)C[C@H](NC(=O)N1CCC2(C=C(C(=O)O)NO2)CC1)C(=O)NC1(C#N)CC1. The summed E-state index contributed by atoms with van der Waals surface area (Å²) < 4.78 is 28.0. The van der Waals surface area contributed by atoms with Gasteiger partial charge >= 0.3 is 12.0 Å². The number of carboxylic acid groups (broad SMARTS) is 1. The number of carboxylic acids is 1. The average molecular weight is 441 g/mol. The van der Waals surface area contributed by atoms with Gasteiger partial charge in [0.25, 0.3) is 0 Å². The largest absolute Gasteiger partial charge is 0.477 e. The Morgan fingerprint density at radius 3 is 2.48 bits per heavy atom. The van der Waals surface area contributed by atoms with Crippen LogP contribution in [0.15, 0.2) is 11.8 Å². The van der Waals surface area contributed by atoms with Crippen molar-refractivity contribution in [3.05, 3.63) is 11.8 Å². The molecular weight excluding hydrogens is 416 g/mol. The highest BCUT2D eigenvalue weighted by Crippen LogP contribution is 2.35. The molecule has 3 rings (SSSR count). The number of alkyl halides is 2. The van der Waals surface area contributed by atoms with Crippen molar-refractivity contribution in [2.24, 2.45) is 0 Å². The van der Waals surface area contributed by atoms with Crippen LogP contribution in [0.5, 0.6) is 0 Å². The van der Waals surface area contributed by atoms with Crippen molar-refractivity contribution in [2.45, 2.75) is 68.6 Å². The number of nitriles is 1. The molecule has 0 aromatic rings. The first-order chi connectivity index (χ1) is 14.5. The molecule has 0 radical (unpaired) electrons. The fourth-order valence-electron chi connectivity index (χ4n) is 3.52. The number of rotatable bonds is 7. The molecule has 0 bridgehead atoms. The molecule has 1 saturated heterocycles. The molecule has 170 valence electrons. The highest BCUT2D eigenvalue weighted by Gasteiger charge is 2.47. The lowest BCUT2D eigenvalue weighted by molar-refractivity contribution is -0.135. The zero-order chi connectivity index (χ0) is 22.9. The van der Waals surface area contributed by atoms with Gasteiger partial charge in [-0.15, -0.1) is 0 Å². The van der Waals surface area contributed by atoms with E-state index < -0.39 is 53.9 Å². The number of carbonyl (C=O) groups excluding carboxylic acids is 2. The first kappa shape index (κ1) is 22.7. The third-order valence-electron chi connectivity index (χ3n) is 5.86. The minimum atomic E-state index is -3.16. The summed E-state index contributed by atoms with van der Waals surface area (Å²) in [6.07, 6.45) is 1.55. The summed E-state index contributed by atoms with van der Waals surface area (Å²) in [6, 6.07) is -0.215. The van der Waals surface area contributed by atoms with E-state index in [1.165, 1.54) is 17.9 Å². The van der Waals surface area contributed by atoms with Crippen molar-refractivity contribution in [1.29, 1.82) is 5.26 Å². The molecule has 2 fully saturated rings. The summed E-state index contributed by atoms with van der Waals surface area (Å²) in [7, 11) is 0. The van der Waals surface area contributed by atoms with Gasteiger partial charge in [-0.05, 0) is 18.9 Å². The number of piperidine rings is 1. The standard InChI is InChI=1S/C19H25F2N5O5/c1-2-19(20,21)10-12(14(27)24-17(11-22)3-4-17)23-16(30)26-7-5-18(6-8-26)9-13(15(28)29)25-31-18/h9,12,25H,2-8,10H2,1H3,(H,23,30)(H,24,27)(H,28,29)/t12-/m0/s1. The molecule has 1 spiro atoms. The van der Waals surface area contributed by atoms with Crippen LogP contribution in [0.3, 0.4) is 0 Å². The minimum absolute atomic E-state index is 0.0806. The van der Waals surface area contributed by atoms with Gasteiger partial charge in [0.05, 0.1) is 6.07 Å². The molecule has 2 heterocycles. The number of aliphatic carboxylic acids is 1. The second-order valence-corrected chi connectivity index (χ2v) is 8.22. The molecule has 10 nitrogen and oxygen atoms in total. The zero-order valence-corrected chi connectivity index (χ0v) is 17.0. The topological polar surface area (TPSA) is 144 Å². The minimum Gasteiger partial charge on any atom is -0.477 e. The smallest absolute Gasteiger partial charge is 0.354 e. The van der Waals surface area contributed by atoms with E-state index >= 15 is 0 Å². The van der Waals surface area contributed by atoms with Gasteiger partial charge < -0.3 is 20.6 Å². The van der Waals surface area contributed by atoms with E-state index in [4.69, 9.17) is 15.2 Å². The molecule has 2 aliphatic heterocycles. The van der Waals surface area contributed by atoms with Crippen LogP contribution >= 0.6 is 0 Å². The molecule has 0 aromatic carbocycles. The van der Waals surface area contributed by atoms with Crippen LogP contribution in [0, 0.1) is 11.3 Å². The van der Waals surface area contributed by atoms with E-state index in [2.05, 4.69) is 16.1 Å². The third kappa shape index (κ3) is 5.22. The van der Waals surface area contributed by atoms with Crippen LogP contribution in [-0.4, -0.2) is 64.1 Å². The van der Waals surface area contributed by atoms with Gasteiger partial charge in [0.15, 0.2) is 0 Å². The number of nitrogens with one attached hydrogen (secondary N) is 3. The number of nitrogens with zero attached hydrogens (tertiary/aromatic N) is 2. The predicted octanol–water partition coefficient (Wildman–Crippen LogP) is 1.01. The van der Waals surface area contributed by atoms with Gasteiger partial charge in [-0.3, -0.25) is 15.1 Å². The summed E-state index contributed by atoms with van der Waals surface area (Å²) in [5.41, 5.74) is 0.371. The van der Waals surface area contributed by atoms with Crippen molar-refractivity contribution in [1.82, 2.24) is 21.0 Å². The summed E-state index contributed by atoms with van der Waals surface area (Å²) >= 11 is 0. The molecule has 0 unspecified atom stereocenters. The predicted molar refractivity (Wildman–Crippen MR) is 101 cm³/mol. The van der Waals surface area contributed by atoms with Gasteiger partial charge in [-0.1, -0.05) is 6.92 Å². The zero-order valence-electron chi connectivity index (χ0n) is 17.0. The number of carbonyl (C=O) groups is 3. The van der Waals surface area contributed by atoms with Gasteiger partial charge in [0.1, 0.15) is 22.9 Å². The summed E-state index contributed by atoms with van der Waals surface area (Å²) in [4.78, 5) is 43.0. The van der Waals surface area contributed by atoms with Crippen LogP contribution < -0.4 is 16.1 Å². The van der Waals surface area contributed by atoms with Gasteiger partial charge in [-0.25, -0.2) is 18.4 Å². The van der Waals surface area contributed by atoms with E-state index in [9.17, 15) is 23.2 Å². The summed E-state index contributed by atoms with van der Waals surface area (Å²) in [6.45, 7) is 1.64. The van der Waals surface area contributed by atoms with Crippen LogP contribution in [0.4, 0.5) is 13.6 Å². The maximum Gasteiger partial charge on any atom is 0.354 e. The second kappa shape index (κ2) is 8.30. The fraction of sp³-hybridized carbons (Fsp3) is 0.684. The quantitative estimate of drug-likeness (QED) is 0.462. The molecular formula is C19H25F2N5O5. The van der Waals surface area contributed by atoms with E-state index in [0.717, 1.165) is 0 Å². The van der Waals surface area contributed by atoms with E-state index in [1.807, 2.05) is 6.07 Å². The average Bonchev–Trinajstić information content (AvgIpc) is 3.38. The lowest BCUT2D eigenvalue weighted by Crippen LogP contribution is -2.57. The highest BCUT2D eigenvalue weighted by atomic mass is 19.3. The van der Waals surface area contributed by atoms with Crippen molar-refractivity contribution in [3.63, 3.8) is 0 Å². The molecule has 1 saturated carbocycles. The molecule has 3 amide bonds. The first-order valence-electron chi connectivity index (χ1n) is 10.1. The molecule has 12 heteroatoms. The molecule has 0 aromatic heterocycles. The van der Waals surface area contributed by atoms with Crippen LogP contribution in [0.1, 0.15) is 45.4 Å². The summed E-state index contributed by atoms with van der Waals surface area (Å²) in [5.74, 6) is -5.13. The molecule has 3 aliphatic rings. The van der Waals surface area contributed by atoms with E-state index in [0.29, 0.717) is 25.7 Å². The van der Waals surface area contributed by atoms with Gasteiger partial charge in [-0.2, -0.15) is 5.26 Å². The van der Waals surface area contributed by atoms with Gasteiger partial charge in [0.2, 0.25) is 11.8 Å². The van der Waals surface area contributed by atoms with Gasteiger partial charge in [0, 0.05) is 38.8 Å². The number of hydroxylamine groups is 1. The van der Waals surface area contributed by atoms with Crippen molar-refractivity contribution < 1.29 is 33.1 Å². The molecule has 1 aliphatic carbocycles. The van der Waals surface area contributed by atoms with E-state index in [1.54, 1.807) is 0 Å². The Hall–Kier alpha value is -2.94. The van der Waals surface area contributed by atoms with Crippen molar-refractivity contribution in [3.8, 4) is 6.07 Å². The lowest BCUT2D eigenvalue weighted by Gasteiger charge is -2.37. The van der Waals surface area contributed by atoms with Crippen molar-refractivity contribution >= 4 is 17.9 Å². The maximum atomic E-state index is 14.0. The Balaban J connectivity index is 1.62. The molecule has 4 N–H and O–H groups in total. The lowest BCUT2D eigenvalue weighted by atomic mass is 9.91. The van der Waals surface area contributed by atoms with E-state index in [-0.39, 0.29) is 18.8 Å². The number of urea groups is 1. The third-order valence-corrected chi connectivity index (χ3v) is 5.86. The highest BCUT2D eigenvalue weighted by molar-refractivity contribution is 5.88. The van der Waals surface area contributed by atoms with Crippen LogP contribution in [0.25, 0.3) is 0 Å². The Morgan fingerprint density at radius 2 is 2.00 bits per heavy atom. The summed E-state index contributed by atoms with van der Waals surface area (Å²) in [5, 5.41) is 23.0. The Morgan fingerprint density at radius 1 is 1.35 bits per heavy atom. The number of hydrogen-bond acceptors (Lipinski definition) is 6. The van der Waals surface area contributed by atoms with Crippen molar-refractivity contribution in [2.75, 3.05) is 13.1 Å².